The number of hydrogen-bond acceptors (Lipinski definition) is 8. The van der Waals surface area contributed by atoms with Crippen LogP contribution >= 0.6 is 0 Å². The first-order valence-corrected chi connectivity index (χ1v) is 14.5. The number of likely N-dealkylation sites (tertiary alicyclic amines) is 1. The molecule has 0 spiro atoms. The molecule has 1 aromatic rings. The smallest absolute Gasteiger partial charge is 0.235 e. The molecule has 1 aromatic carbocycles. The number of phenols is 1. The highest BCUT2D eigenvalue weighted by Gasteiger charge is 2.72. The molecule has 6 atom stereocenters. The van der Waals surface area contributed by atoms with E-state index in [0.29, 0.717) is 18.5 Å². The first-order valence-electron chi connectivity index (χ1n) is 14.5. The van der Waals surface area contributed by atoms with Crippen molar-refractivity contribution in [2.45, 2.75) is 71.3 Å². The molecule has 0 bridgehead atoms. The molecule has 0 radical (unpaired) electrons. The Morgan fingerprint density at radius 3 is 2.27 bits per heavy atom. The molecule has 1 amide bonds. The lowest BCUT2D eigenvalue weighted by Gasteiger charge is -2.58. The van der Waals surface area contributed by atoms with Gasteiger partial charge in [-0.25, -0.2) is 0 Å². The van der Waals surface area contributed by atoms with Crippen molar-refractivity contribution in [3.63, 3.8) is 0 Å². The molecule has 3 fully saturated rings. The van der Waals surface area contributed by atoms with Gasteiger partial charge in [0.05, 0.1) is 11.5 Å². The zero-order valence-electron chi connectivity index (χ0n) is 23.7. The van der Waals surface area contributed by atoms with Gasteiger partial charge in [0, 0.05) is 23.8 Å². The van der Waals surface area contributed by atoms with Crippen molar-refractivity contribution < 1.29 is 34.2 Å². The normalized spacial score (nSPS) is 34.6. The number of benzene rings is 1. The van der Waals surface area contributed by atoms with E-state index in [4.69, 9.17) is 5.73 Å². The van der Waals surface area contributed by atoms with Crippen LogP contribution < -0.4 is 5.73 Å². The summed E-state index contributed by atoms with van der Waals surface area (Å²) in [5.41, 5.74) is 3.42. The molecular weight excluding hydrogens is 512 g/mol. The van der Waals surface area contributed by atoms with Crippen molar-refractivity contribution in [2.75, 3.05) is 19.6 Å². The molecule has 9 heteroatoms. The number of phenolic OH excluding ortho intramolecular Hbond substituents is 1. The fraction of sp³-hybridized carbons (Fsp3) is 0.645. The maximum Gasteiger partial charge on any atom is 0.235 e. The Morgan fingerprint density at radius 1 is 1.05 bits per heavy atom. The van der Waals surface area contributed by atoms with Crippen molar-refractivity contribution in [2.24, 2.45) is 40.7 Å². The number of hydrogen-bond donors (Lipinski definition) is 3. The first kappa shape index (κ1) is 28.6. The van der Waals surface area contributed by atoms with Gasteiger partial charge < -0.3 is 20.8 Å². The maximum absolute atomic E-state index is 14.5. The average molecular weight is 553 g/mol. The summed E-state index contributed by atoms with van der Waals surface area (Å²) >= 11 is 0. The minimum absolute atomic E-state index is 0.0412. The van der Waals surface area contributed by atoms with Crippen molar-refractivity contribution in [3.8, 4) is 5.75 Å². The number of Topliss-reactive ketones (excluding diaryl/α,β-unsaturated/α-hetero) is 4. The molecule has 6 unspecified atom stereocenters. The number of nitrogens with two attached hydrogens (primary N) is 1. The van der Waals surface area contributed by atoms with Crippen molar-refractivity contribution in [1.82, 2.24) is 4.90 Å². The lowest BCUT2D eigenvalue weighted by atomic mass is 9.45. The zero-order valence-corrected chi connectivity index (χ0v) is 23.7. The van der Waals surface area contributed by atoms with Crippen LogP contribution in [-0.2, 0) is 25.6 Å². The standard InChI is InChI=1S/C31H40N2O7/c1-15(2)17-8-9-20(34)22-18(17)12-30(14-33-10-6-5-7-11-33)13-19-21(16(3)4)25(35)23(29(32)39)27(37)31(19,40)28(38)24(30)26(22)36/h8-9,15-16,19,21,23-24,34,40H,5-7,10-14H2,1-4H3,(H2,32,39). The number of ketones is 4. The molecule has 1 aliphatic heterocycles. The minimum atomic E-state index is -2.70. The van der Waals surface area contributed by atoms with Gasteiger partial charge in [0.1, 0.15) is 5.75 Å². The van der Waals surface area contributed by atoms with Crippen LogP contribution in [0, 0.1) is 35.0 Å². The van der Waals surface area contributed by atoms with Crippen LogP contribution in [0.1, 0.15) is 80.8 Å². The van der Waals surface area contributed by atoms with Crippen molar-refractivity contribution >= 4 is 29.0 Å². The van der Waals surface area contributed by atoms with Crippen molar-refractivity contribution in [3.05, 3.63) is 28.8 Å². The molecule has 0 aromatic heterocycles. The van der Waals surface area contributed by atoms with Crippen LogP contribution in [0.15, 0.2) is 12.1 Å². The highest BCUT2D eigenvalue weighted by Crippen LogP contribution is 2.59. The molecule has 216 valence electrons. The number of carbonyl (C=O) groups excluding carboxylic acids is 5. The Balaban J connectivity index is 1.75. The quantitative estimate of drug-likeness (QED) is 0.470. The van der Waals surface area contributed by atoms with Crippen LogP contribution in [0.25, 0.3) is 0 Å². The summed E-state index contributed by atoms with van der Waals surface area (Å²) in [7, 11) is 0. The maximum atomic E-state index is 14.5. The summed E-state index contributed by atoms with van der Waals surface area (Å²) in [4.78, 5) is 70.7. The fourth-order valence-corrected chi connectivity index (χ4v) is 8.38. The van der Waals surface area contributed by atoms with Gasteiger partial charge >= 0.3 is 0 Å². The number of nitrogens with zero attached hydrogens (tertiary/aromatic N) is 1. The second-order valence-corrected chi connectivity index (χ2v) is 13.2. The van der Waals surface area contributed by atoms with Gasteiger partial charge in [-0.2, -0.15) is 0 Å². The number of amides is 1. The highest BCUT2D eigenvalue weighted by molar-refractivity contribution is 6.32. The molecule has 5 rings (SSSR count). The summed E-state index contributed by atoms with van der Waals surface area (Å²) in [5, 5.41) is 22.9. The molecule has 9 nitrogen and oxygen atoms in total. The third-order valence-electron chi connectivity index (χ3n) is 10.1. The molecule has 4 aliphatic rings. The number of carbonyl (C=O) groups is 5. The van der Waals surface area contributed by atoms with E-state index >= 15 is 0 Å². The Kier molecular flexibility index (Phi) is 7.06. The molecule has 3 aliphatic carbocycles. The third-order valence-corrected chi connectivity index (χ3v) is 10.1. The Bertz CT molecular complexity index is 1300. The molecule has 4 N–H and O–H groups in total. The predicted molar refractivity (Wildman–Crippen MR) is 146 cm³/mol. The van der Waals surface area contributed by atoms with Gasteiger partial charge in [-0.1, -0.05) is 40.2 Å². The topological polar surface area (TPSA) is 155 Å². The molecular formula is C31H40N2O7. The summed E-state index contributed by atoms with van der Waals surface area (Å²) in [6.07, 6.45) is 3.43. The van der Waals surface area contributed by atoms with Gasteiger partial charge in [0.2, 0.25) is 5.91 Å². The van der Waals surface area contributed by atoms with E-state index in [1.54, 1.807) is 13.8 Å². The highest BCUT2D eigenvalue weighted by atomic mass is 16.3. The van der Waals surface area contributed by atoms with Gasteiger partial charge in [-0.15, -0.1) is 0 Å². The summed E-state index contributed by atoms with van der Waals surface area (Å²) in [5.74, 6) is -10.7. The average Bonchev–Trinajstić information content (AvgIpc) is 2.86. The number of piperidine rings is 1. The van der Waals surface area contributed by atoms with Crippen molar-refractivity contribution in [1.29, 1.82) is 0 Å². The van der Waals surface area contributed by atoms with Gasteiger partial charge in [0.25, 0.3) is 0 Å². The van der Waals surface area contributed by atoms with E-state index in [-0.39, 0.29) is 23.7 Å². The fourth-order valence-electron chi connectivity index (χ4n) is 8.38. The summed E-state index contributed by atoms with van der Waals surface area (Å²) < 4.78 is 0. The first-order chi connectivity index (χ1) is 18.8. The number of fused-ring (bicyclic) bond motifs is 3. The SMILES string of the molecule is CC(C)c1ccc(O)c2c1CC1(CN3CCCCC3)CC3C(C(C)C)C(=O)C(C(N)=O)C(=O)C3(O)C(=O)C1C2=O. The summed E-state index contributed by atoms with van der Waals surface area (Å²) in [6.45, 7) is 9.52. The van der Waals surface area contributed by atoms with Crippen LogP contribution in [0.5, 0.6) is 5.75 Å². The Morgan fingerprint density at radius 2 is 1.70 bits per heavy atom. The predicted octanol–water partition coefficient (Wildman–Crippen LogP) is 2.19. The van der Waals surface area contributed by atoms with Crippen LogP contribution in [0.3, 0.4) is 0 Å². The number of primary amides is 1. The monoisotopic (exact) mass is 552 g/mol. The van der Waals surface area contributed by atoms with Gasteiger partial charge in [-0.05, 0) is 67.8 Å². The number of rotatable bonds is 5. The van der Waals surface area contributed by atoms with E-state index in [2.05, 4.69) is 4.90 Å². The van der Waals surface area contributed by atoms with E-state index in [1.165, 1.54) is 6.07 Å². The lowest BCUT2D eigenvalue weighted by Crippen LogP contribution is -2.74. The van der Waals surface area contributed by atoms with Crippen LogP contribution in [0.2, 0.25) is 0 Å². The second-order valence-electron chi connectivity index (χ2n) is 13.2. The lowest BCUT2D eigenvalue weighted by molar-refractivity contribution is -0.188. The van der Waals surface area contributed by atoms with E-state index in [9.17, 15) is 34.2 Å². The number of aromatic hydroxyl groups is 1. The zero-order chi connectivity index (χ0) is 29.3. The molecule has 40 heavy (non-hydrogen) atoms. The molecule has 2 saturated carbocycles. The van der Waals surface area contributed by atoms with Crippen LogP contribution in [-0.4, -0.2) is 69.4 Å². The van der Waals surface area contributed by atoms with E-state index < -0.39 is 69.6 Å². The van der Waals surface area contributed by atoms with Crippen LogP contribution in [0.4, 0.5) is 0 Å². The Labute approximate surface area is 234 Å². The minimum Gasteiger partial charge on any atom is -0.507 e. The second kappa shape index (κ2) is 9.87. The Hall–Kier alpha value is -2.91. The van der Waals surface area contributed by atoms with E-state index in [1.807, 2.05) is 19.9 Å². The largest absolute Gasteiger partial charge is 0.507 e. The van der Waals surface area contributed by atoms with Gasteiger partial charge in [0.15, 0.2) is 34.7 Å². The number of aliphatic hydroxyl groups is 1. The van der Waals surface area contributed by atoms with E-state index in [0.717, 1.165) is 37.9 Å². The summed E-state index contributed by atoms with van der Waals surface area (Å²) in [6, 6.07) is 3.26. The van der Waals surface area contributed by atoms with Gasteiger partial charge in [-0.3, -0.25) is 24.0 Å². The third kappa shape index (κ3) is 3.99. The molecule has 1 saturated heterocycles. The molecule has 1 heterocycles.